The van der Waals surface area contributed by atoms with E-state index in [1.807, 2.05) is 0 Å². The summed E-state index contributed by atoms with van der Waals surface area (Å²) in [6.07, 6.45) is 0. The highest BCUT2D eigenvalue weighted by Gasteiger charge is 2.38. The second kappa shape index (κ2) is 8.00. The van der Waals surface area contributed by atoms with Gasteiger partial charge in [-0.05, 0) is 116 Å². The molecular formula is C43H28. The molecule has 0 N–H and O–H groups in total. The van der Waals surface area contributed by atoms with Crippen LogP contribution in [0.15, 0.2) is 133 Å². The Morgan fingerprint density at radius 3 is 1.81 bits per heavy atom. The van der Waals surface area contributed by atoms with Gasteiger partial charge in [0.2, 0.25) is 0 Å². The third kappa shape index (κ3) is 2.96. The van der Waals surface area contributed by atoms with Gasteiger partial charge in [-0.25, -0.2) is 0 Å². The second-order valence-corrected chi connectivity index (χ2v) is 12.9. The lowest BCUT2D eigenvalue weighted by Crippen LogP contribution is -2.15. The van der Waals surface area contributed by atoms with Crippen molar-refractivity contribution in [1.29, 1.82) is 0 Å². The molecule has 200 valence electrons. The van der Waals surface area contributed by atoms with E-state index in [9.17, 15) is 0 Å². The van der Waals surface area contributed by atoms with Gasteiger partial charge >= 0.3 is 0 Å². The number of hydrogen-bond acceptors (Lipinski definition) is 0. The van der Waals surface area contributed by atoms with Crippen molar-refractivity contribution in [2.24, 2.45) is 0 Å². The molecule has 0 spiro atoms. The minimum atomic E-state index is -0.106. The number of hydrogen-bond donors (Lipinski definition) is 0. The molecule has 0 amide bonds. The van der Waals surface area contributed by atoms with Crippen molar-refractivity contribution < 1.29 is 0 Å². The van der Waals surface area contributed by atoms with Gasteiger partial charge in [0.25, 0.3) is 0 Å². The van der Waals surface area contributed by atoms with Crippen molar-refractivity contribution in [2.45, 2.75) is 19.3 Å². The largest absolute Gasteiger partial charge is 0.0616 e. The molecule has 1 aliphatic rings. The van der Waals surface area contributed by atoms with Crippen LogP contribution in [0.5, 0.6) is 0 Å². The topological polar surface area (TPSA) is 0 Å². The van der Waals surface area contributed by atoms with E-state index in [2.05, 4.69) is 147 Å². The standard InChI is InChI=1S/C43H28/c1-43(2)38-24-30-22-29(31-20-18-27-15-14-25-8-7-9-26-19-21-35(31)40(27)39(25)26)17-16-28(30)23-37(38)41-34-12-5-3-10-32(34)33-11-4-6-13-36(33)42(41)43/h3-24H,1-2H3. The monoisotopic (exact) mass is 544 g/mol. The van der Waals surface area contributed by atoms with Gasteiger partial charge in [-0.2, -0.15) is 0 Å². The molecule has 0 atom stereocenters. The van der Waals surface area contributed by atoms with E-state index in [0.717, 1.165) is 0 Å². The van der Waals surface area contributed by atoms with E-state index in [0.29, 0.717) is 0 Å². The maximum absolute atomic E-state index is 2.48. The van der Waals surface area contributed by atoms with Gasteiger partial charge in [0.05, 0.1) is 0 Å². The molecule has 0 fully saturated rings. The summed E-state index contributed by atoms with van der Waals surface area (Å²) in [5, 5.41) is 16.0. The predicted octanol–water partition coefficient (Wildman–Crippen LogP) is 12.0. The molecule has 1 aliphatic carbocycles. The summed E-state index contributed by atoms with van der Waals surface area (Å²) >= 11 is 0. The molecule has 0 unspecified atom stereocenters. The van der Waals surface area contributed by atoms with E-state index in [1.54, 1.807) is 0 Å². The predicted molar refractivity (Wildman–Crippen MR) is 186 cm³/mol. The zero-order valence-electron chi connectivity index (χ0n) is 24.2. The summed E-state index contributed by atoms with van der Waals surface area (Å²) in [4.78, 5) is 0. The van der Waals surface area contributed by atoms with Crippen LogP contribution in [0.3, 0.4) is 0 Å². The van der Waals surface area contributed by atoms with E-state index in [-0.39, 0.29) is 5.41 Å². The molecular weight excluding hydrogens is 516 g/mol. The van der Waals surface area contributed by atoms with Crippen LogP contribution in [0.2, 0.25) is 0 Å². The summed E-state index contributed by atoms with van der Waals surface area (Å²) in [6.45, 7) is 4.82. The van der Waals surface area contributed by atoms with Crippen molar-refractivity contribution in [3.05, 3.63) is 145 Å². The Bertz CT molecular complexity index is 2620. The van der Waals surface area contributed by atoms with Gasteiger partial charge in [0.15, 0.2) is 0 Å². The number of benzene rings is 9. The van der Waals surface area contributed by atoms with Gasteiger partial charge in [0, 0.05) is 5.41 Å². The van der Waals surface area contributed by atoms with Crippen LogP contribution in [0.4, 0.5) is 0 Å². The van der Waals surface area contributed by atoms with E-state index < -0.39 is 0 Å². The highest BCUT2D eigenvalue weighted by molar-refractivity contribution is 6.25. The van der Waals surface area contributed by atoms with Crippen LogP contribution in [0, 0.1) is 0 Å². The first-order valence-electron chi connectivity index (χ1n) is 15.3. The van der Waals surface area contributed by atoms with Crippen LogP contribution in [-0.2, 0) is 5.41 Å². The van der Waals surface area contributed by atoms with Gasteiger partial charge in [-0.3, -0.25) is 0 Å². The van der Waals surface area contributed by atoms with Crippen LogP contribution >= 0.6 is 0 Å². The molecule has 0 saturated heterocycles. The fraction of sp³-hybridized carbons (Fsp3) is 0.0698. The molecule has 43 heavy (non-hydrogen) atoms. The summed E-state index contributed by atoms with van der Waals surface area (Å²) in [5.74, 6) is 0. The van der Waals surface area contributed by atoms with E-state index >= 15 is 0 Å². The van der Waals surface area contributed by atoms with Gasteiger partial charge in [-0.15, -0.1) is 0 Å². The molecule has 0 radical (unpaired) electrons. The van der Waals surface area contributed by atoms with Crippen LogP contribution in [-0.4, -0.2) is 0 Å². The van der Waals surface area contributed by atoms with Crippen LogP contribution < -0.4 is 0 Å². The zero-order chi connectivity index (χ0) is 28.4. The quantitative estimate of drug-likeness (QED) is 0.180. The van der Waals surface area contributed by atoms with Crippen molar-refractivity contribution in [3.63, 3.8) is 0 Å². The lowest BCUT2D eigenvalue weighted by Gasteiger charge is -2.24. The average molecular weight is 545 g/mol. The fourth-order valence-electron chi connectivity index (χ4n) is 8.38. The van der Waals surface area contributed by atoms with Gasteiger partial charge in [-0.1, -0.05) is 129 Å². The Hall–Kier alpha value is -5.20. The minimum absolute atomic E-state index is 0.106. The molecule has 0 bridgehead atoms. The van der Waals surface area contributed by atoms with Crippen molar-refractivity contribution in [2.75, 3.05) is 0 Å². The normalized spacial score (nSPS) is 14.0. The maximum atomic E-state index is 2.48. The smallest absolute Gasteiger partial charge is 0.0165 e. The molecule has 0 nitrogen and oxygen atoms in total. The Kier molecular flexibility index (Phi) is 4.35. The molecule has 0 aromatic heterocycles. The highest BCUT2D eigenvalue weighted by atomic mass is 14.4. The molecule has 0 heteroatoms. The maximum Gasteiger partial charge on any atom is 0.0165 e. The van der Waals surface area contributed by atoms with E-state index in [1.165, 1.54) is 98.0 Å². The third-order valence-corrected chi connectivity index (χ3v) is 10.3. The van der Waals surface area contributed by atoms with Crippen molar-refractivity contribution in [1.82, 2.24) is 0 Å². The molecule has 0 heterocycles. The fourth-order valence-corrected chi connectivity index (χ4v) is 8.38. The zero-order valence-corrected chi connectivity index (χ0v) is 24.2. The lowest BCUT2D eigenvalue weighted by molar-refractivity contribution is 0.667. The third-order valence-electron chi connectivity index (χ3n) is 10.3. The summed E-state index contributed by atoms with van der Waals surface area (Å²) < 4.78 is 0. The van der Waals surface area contributed by atoms with Gasteiger partial charge < -0.3 is 0 Å². The summed E-state index contributed by atoms with van der Waals surface area (Å²) in [6, 6.07) is 50.3. The summed E-state index contributed by atoms with van der Waals surface area (Å²) in [7, 11) is 0. The molecule has 10 rings (SSSR count). The first kappa shape index (κ1) is 23.4. The van der Waals surface area contributed by atoms with Crippen LogP contribution in [0.1, 0.15) is 25.0 Å². The van der Waals surface area contributed by atoms with Crippen molar-refractivity contribution >= 4 is 64.6 Å². The number of fused-ring (bicyclic) bond motifs is 9. The Morgan fingerprint density at radius 2 is 1.02 bits per heavy atom. The van der Waals surface area contributed by atoms with Gasteiger partial charge in [0.1, 0.15) is 0 Å². The Labute approximate surface area is 250 Å². The Balaban J connectivity index is 1.23. The molecule has 0 aliphatic heterocycles. The SMILES string of the molecule is CC1(C)c2cc3cc(-c4ccc5ccc6cccc7ccc4c5c67)ccc3cc2-c2c1c1ccccc1c1ccccc21. The average Bonchev–Trinajstić information content (AvgIpc) is 3.28. The minimum Gasteiger partial charge on any atom is -0.0616 e. The van der Waals surface area contributed by atoms with E-state index in [4.69, 9.17) is 0 Å². The first-order valence-corrected chi connectivity index (χ1v) is 15.3. The Morgan fingerprint density at radius 1 is 0.395 bits per heavy atom. The highest BCUT2D eigenvalue weighted by Crippen LogP contribution is 2.55. The second-order valence-electron chi connectivity index (χ2n) is 12.9. The molecule has 9 aromatic rings. The van der Waals surface area contributed by atoms with Crippen LogP contribution in [0.25, 0.3) is 86.9 Å². The number of rotatable bonds is 1. The first-order chi connectivity index (χ1) is 21.1. The lowest BCUT2D eigenvalue weighted by atomic mass is 9.79. The van der Waals surface area contributed by atoms with Crippen molar-refractivity contribution in [3.8, 4) is 22.3 Å². The summed E-state index contributed by atoms with van der Waals surface area (Å²) in [5.41, 5.74) is 8.13. The molecule has 9 aromatic carbocycles. The molecule has 0 saturated carbocycles.